The Kier molecular flexibility index (Phi) is 8.95. The molecule has 0 aliphatic carbocycles. The number of aryl methyl sites for hydroxylation is 1. The van der Waals surface area contributed by atoms with Crippen LogP contribution in [0.2, 0.25) is 0 Å². The number of rotatable bonds is 8. The number of carbonyl (C=O) groups excluding carboxylic acids is 1. The average Bonchev–Trinajstić information content (AvgIpc) is 3.65. The summed E-state index contributed by atoms with van der Waals surface area (Å²) in [6.07, 6.45) is 1.97. The van der Waals surface area contributed by atoms with Crippen LogP contribution in [0.3, 0.4) is 0 Å². The Morgan fingerprint density at radius 1 is 0.880 bits per heavy atom. The number of aromatic nitrogens is 2. The Morgan fingerprint density at radius 2 is 1.52 bits per heavy atom. The first-order valence-electron chi connectivity index (χ1n) is 16.7. The van der Waals surface area contributed by atoms with E-state index in [1.165, 1.54) is 16.9 Å². The summed E-state index contributed by atoms with van der Waals surface area (Å²) in [5.74, 6) is -0.473. The minimum Gasteiger partial charge on any atom is -0.463 e. The van der Waals surface area contributed by atoms with Gasteiger partial charge in [0.1, 0.15) is 0 Å². The molecule has 1 aliphatic rings. The van der Waals surface area contributed by atoms with Crippen LogP contribution in [0, 0.1) is 6.92 Å². The average molecular weight is 679 g/mol. The van der Waals surface area contributed by atoms with Crippen molar-refractivity contribution in [3.05, 3.63) is 163 Å². The van der Waals surface area contributed by atoms with Crippen LogP contribution in [0.1, 0.15) is 36.6 Å². The number of ether oxygens (including phenoxy) is 1. The number of anilines is 1. The highest BCUT2D eigenvalue weighted by Crippen LogP contribution is 2.37. The van der Waals surface area contributed by atoms with Crippen molar-refractivity contribution in [3.8, 4) is 28.2 Å². The van der Waals surface area contributed by atoms with Gasteiger partial charge in [-0.05, 0) is 73.9 Å². The van der Waals surface area contributed by atoms with E-state index in [2.05, 4.69) is 66.1 Å². The Bertz CT molecular complexity index is 2400. The third-order valence-electron chi connectivity index (χ3n) is 8.97. The van der Waals surface area contributed by atoms with Crippen molar-refractivity contribution in [3.63, 3.8) is 0 Å². The van der Waals surface area contributed by atoms with Gasteiger partial charge in [-0.15, -0.1) is 0 Å². The van der Waals surface area contributed by atoms with E-state index in [1.54, 1.807) is 11.5 Å². The minimum absolute atomic E-state index is 0.215. The standard InChI is InChI=1S/C42H38N4O3S/c1-6-49-41(48)37-28(3)43-42-46(39(37)31-19-23-33(24-20-31)44(4)5)40(47)36(50-42)26-32-25-35(29-13-9-7-10-14-29)45(34-21-17-27(2)18-22-34)38(32)30-15-11-8-12-16-30/h7-26,39H,6H2,1-5H3/b36-26-/t39-/m1/s1. The summed E-state index contributed by atoms with van der Waals surface area (Å²) in [7, 11) is 3.95. The fraction of sp³-hybridized carbons (Fsp3) is 0.167. The molecule has 0 saturated carbocycles. The molecular formula is C42H38N4O3S. The van der Waals surface area contributed by atoms with Crippen molar-refractivity contribution in [1.82, 2.24) is 9.13 Å². The fourth-order valence-corrected chi connectivity index (χ4v) is 7.56. The molecule has 1 aliphatic heterocycles. The predicted molar refractivity (Wildman–Crippen MR) is 203 cm³/mol. The van der Waals surface area contributed by atoms with E-state index in [0.29, 0.717) is 20.6 Å². The highest BCUT2D eigenvalue weighted by molar-refractivity contribution is 7.07. The predicted octanol–water partition coefficient (Wildman–Crippen LogP) is 7.30. The Labute approximate surface area is 295 Å². The number of carbonyl (C=O) groups is 1. The van der Waals surface area contributed by atoms with Gasteiger partial charge in [-0.1, -0.05) is 102 Å². The third kappa shape index (κ3) is 6.03. The highest BCUT2D eigenvalue weighted by Gasteiger charge is 2.33. The topological polar surface area (TPSA) is 68.8 Å². The lowest BCUT2D eigenvalue weighted by Crippen LogP contribution is -2.40. The summed E-state index contributed by atoms with van der Waals surface area (Å²) < 4.78 is 9.95. The fourth-order valence-electron chi connectivity index (χ4n) is 6.52. The van der Waals surface area contributed by atoms with Crippen molar-refractivity contribution in [2.24, 2.45) is 4.99 Å². The molecule has 7 rings (SSSR count). The molecule has 6 aromatic rings. The highest BCUT2D eigenvalue weighted by atomic mass is 32.1. The van der Waals surface area contributed by atoms with Gasteiger partial charge in [0.2, 0.25) is 0 Å². The van der Waals surface area contributed by atoms with Crippen molar-refractivity contribution >= 4 is 29.1 Å². The van der Waals surface area contributed by atoms with Gasteiger partial charge >= 0.3 is 5.97 Å². The van der Waals surface area contributed by atoms with Crippen LogP contribution in [0.25, 0.3) is 34.3 Å². The van der Waals surface area contributed by atoms with Gasteiger partial charge in [-0.25, -0.2) is 9.79 Å². The van der Waals surface area contributed by atoms with E-state index >= 15 is 0 Å². The van der Waals surface area contributed by atoms with Crippen molar-refractivity contribution in [1.29, 1.82) is 0 Å². The smallest absolute Gasteiger partial charge is 0.338 e. The molecule has 4 aromatic carbocycles. The first kappa shape index (κ1) is 32.8. The lowest BCUT2D eigenvalue weighted by molar-refractivity contribution is -0.139. The van der Waals surface area contributed by atoms with Crippen LogP contribution in [-0.4, -0.2) is 35.8 Å². The molecule has 0 fully saturated rings. The monoisotopic (exact) mass is 678 g/mol. The van der Waals surface area contributed by atoms with Crippen LogP contribution in [0.4, 0.5) is 5.69 Å². The summed E-state index contributed by atoms with van der Waals surface area (Å²) >= 11 is 1.33. The zero-order valence-electron chi connectivity index (χ0n) is 28.8. The molecule has 0 spiro atoms. The molecule has 0 amide bonds. The van der Waals surface area contributed by atoms with Gasteiger partial charge in [0.25, 0.3) is 5.56 Å². The normalized spacial score (nSPS) is 14.3. The number of nitrogens with zero attached hydrogens (tertiary/aromatic N) is 4. The second-order valence-corrected chi connectivity index (χ2v) is 13.5. The number of benzene rings is 4. The Hall–Kier alpha value is -5.73. The first-order valence-corrected chi connectivity index (χ1v) is 17.5. The van der Waals surface area contributed by atoms with Gasteiger partial charge < -0.3 is 14.2 Å². The molecule has 3 heterocycles. The maximum absolute atomic E-state index is 14.6. The maximum Gasteiger partial charge on any atom is 0.338 e. The molecule has 50 heavy (non-hydrogen) atoms. The van der Waals surface area contributed by atoms with Gasteiger partial charge in [-0.2, -0.15) is 0 Å². The van der Waals surface area contributed by atoms with Crippen LogP contribution >= 0.6 is 11.3 Å². The summed E-state index contributed by atoms with van der Waals surface area (Å²) in [5, 5.41) is 0. The van der Waals surface area contributed by atoms with Gasteiger partial charge in [0.05, 0.1) is 39.8 Å². The van der Waals surface area contributed by atoms with E-state index in [4.69, 9.17) is 9.73 Å². The summed E-state index contributed by atoms with van der Waals surface area (Å²) in [6, 6.07) is 38.5. The molecule has 7 nitrogen and oxygen atoms in total. The number of esters is 1. The molecule has 0 radical (unpaired) electrons. The van der Waals surface area contributed by atoms with Gasteiger partial charge in [0, 0.05) is 31.0 Å². The SMILES string of the molecule is CCOC(=O)C1=C(C)N=c2s/c(=C\c3cc(-c4ccccc4)n(-c4ccc(C)cc4)c3-c3ccccc3)c(=O)n2[C@@H]1c1ccc(N(C)C)cc1. The van der Waals surface area contributed by atoms with E-state index in [-0.39, 0.29) is 12.2 Å². The third-order valence-corrected chi connectivity index (χ3v) is 9.95. The molecule has 8 heteroatoms. The summed E-state index contributed by atoms with van der Waals surface area (Å²) in [6.45, 7) is 5.89. The zero-order chi connectivity index (χ0) is 34.9. The first-order chi connectivity index (χ1) is 24.2. The van der Waals surface area contributed by atoms with Crippen molar-refractivity contribution in [2.75, 3.05) is 25.6 Å². The van der Waals surface area contributed by atoms with E-state index in [0.717, 1.165) is 45.0 Å². The Morgan fingerprint density at radius 3 is 2.14 bits per heavy atom. The number of thiazole rings is 1. The molecule has 250 valence electrons. The molecule has 1 atom stereocenters. The molecular weight excluding hydrogens is 641 g/mol. The number of allylic oxidation sites excluding steroid dienone is 1. The largest absolute Gasteiger partial charge is 0.463 e. The lowest BCUT2D eigenvalue weighted by atomic mass is 9.95. The van der Waals surface area contributed by atoms with Crippen LogP contribution in [0.15, 0.2) is 136 Å². The van der Waals surface area contributed by atoms with Crippen LogP contribution in [-0.2, 0) is 9.53 Å². The molecule has 0 unspecified atom stereocenters. The number of hydrogen-bond acceptors (Lipinski definition) is 6. The summed E-state index contributed by atoms with van der Waals surface area (Å²) in [5.41, 5.74) is 9.66. The minimum atomic E-state index is -0.686. The Balaban J connectivity index is 1.49. The van der Waals surface area contributed by atoms with Gasteiger partial charge in [-0.3, -0.25) is 9.36 Å². The molecule has 0 saturated heterocycles. The lowest BCUT2D eigenvalue weighted by Gasteiger charge is -2.25. The van der Waals surface area contributed by atoms with Crippen molar-refractivity contribution < 1.29 is 9.53 Å². The van der Waals surface area contributed by atoms with E-state index in [1.807, 2.05) is 92.7 Å². The second-order valence-electron chi connectivity index (χ2n) is 12.5. The molecule has 2 aromatic heterocycles. The molecule has 0 bridgehead atoms. The summed E-state index contributed by atoms with van der Waals surface area (Å²) in [4.78, 5) is 35.4. The maximum atomic E-state index is 14.6. The number of hydrogen-bond donors (Lipinski definition) is 0. The van der Waals surface area contributed by atoms with Crippen LogP contribution < -0.4 is 19.8 Å². The zero-order valence-corrected chi connectivity index (χ0v) is 29.6. The van der Waals surface area contributed by atoms with Gasteiger partial charge in [0.15, 0.2) is 4.80 Å². The van der Waals surface area contributed by atoms with Crippen LogP contribution in [0.5, 0.6) is 0 Å². The number of fused-ring (bicyclic) bond motifs is 1. The molecule has 0 N–H and O–H groups in total. The van der Waals surface area contributed by atoms with E-state index in [9.17, 15) is 9.59 Å². The second kappa shape index (κ2) is 13.6. The quantitative estimate of drug-likeness (QED) is 0.159. The van der Waals surface area contributed by atoms with Crippen molar-refractivity contribution in [2.45, 2.75) is 26.8 Å². The van der Waals surface area contributed by atoms with E-state index < -0.39 is 12.0 Å².